The van der Waals surface area contributed by atoms with Gasteiger partial charge in [0.05, 0.1) is 0 Å². The van der Waals surface area contributed by atoms with Crippen LogP contribution >= 0.6 is 0 Å². The Morgan fingerprint density at radius 2 is 1.80 bits per heavy atom. The van der Waals surface area contributed by atoms with Gasteiger partial charge in [-0.15, -0.1) is 0 Å². The fourth-order valence-corrected chi connectivity index (χ4v) is 2.29. The van der Waals surface area contributed by atoms with Gasteiger partial charge in [-0.2, -0.15) is 0 Å². The van der Waals surface area contributed by atoms with Crippen LogP contribution in [0.1, 0.15) is 33.1 Å². The van der Waals surface area contributed by atoms with Gasteiger partial charge in [0, 0.05) is 17.4 Å². The first-order valence-corrected chi connectivity index (χ1v) is 7.85. The van der Waals surface area contributed by atoms with E-state index in [0.29, 0.717) is 23.2 Å². The smallest absolute Gasteiger partial charge is 0.274 e. The lowest BCUT2D eigenvalue weighted by atomic mass is 10.1. The van der Waals surface area contributed by atoms with Crippen molar-refractivity contribution in [3.8, 4) is 0 Å². The zero-order valence-electron chi connectivity index (χ0n) is 14.5. The minimum Gasteiger partial charge on any atom is -0.360 e. The summed E-state index contributed by atoms with van der Waals surface area (Å²) in [5.41, 5.74) is 3.95. The van der Waals surface area contributed by atoms with Crippen LogP contribution in [0.3, 0.4) is 0 Å². The van der Waals surface area contributed by atoms with Gasteiger partial charge in [0.2, 0.25) is 5.95 Å². The molecule has 1 amide bonds. The van der Waals surface area contributed by atoms with Crippen molar-refractivity contribution in [1.29, 1.82) is 0 Å². The third kappa shape index (κ3) is 4.00. The Morgan fingerprint density at radius 3 is 2.48 bits per heavy atom. The molecule has 128 valence electrons. The molecule has 0 spiro atoms. The van der Waals surface area contributed by atoms with Crippen molar-refractivity contribution >= 4 is 23.4 Å². The van der Waals surface area contributed by atoms with E-state index >= 15 is 0 Å². The Hall–Kier alpha value is -3.22. The maximum Gasteiger partial charge on any atom is 0.274 e. The molecule has 1 aromatic carbocycles. The minimum absolute atomic E-state index is 0.272. The number of nitrogens with one attached hydrogen (secondary N) is 2. The Bertz CT molecular complexity index is 933. The number of benzene rings is 1. The van der Waals surface area contributed by atoms with E-state index in [1.165, 1.54) is 5.56 Å². The standard InChI is InChI=1S/C18H19N5O2/c1-10-5-6-14(7-11(10)2)20-17(24)15-8-12(3)19-18(21-15)22-16-9-13(4)25-23-16/h5-9H,1-4H3,(H,20,24)(H,19,21,22,23). The largest absolute Gasteiger partial charge is 0.360 e. The summed E-state index contributed by atoms with van der Waals surface area (Å²) >= 11 is 0. The molecular weight excluding hydrogens is 318 g/mol. The summed E-state index contributed by atoms with van der Waals surface area (Å²) in [7, 11) is 0. The normalized spacial score (nSPS) is 10.6. The lowest BCUT2D eigenvalue weighted by Crippen LogP contribution is -2.15. The quantitative estimate of drug-likeness (QED) is 0.754. The van der Waals surface area contributed by atoms with E-state index < -0.39 is 0 Å². The highest BCUT2D eigenvalue weighted by Gasteiger charge is 2.12. The van der Waals surface area contributed by atoms with Crippen molar-refractivity contribution in [3.63, 3.8) is 0 Å². The molecule has 0 aliphatic rings. The van der Waals surface area contributed by atoms with Gasteiger partial charge in [0.25, 0.3) is 5.91 Å². The molecule has 0 atom stereocenters. The highest BCUT2D eigenvalue weighted by molar-refractivity contribution is 6.03. The molecule has 3 rings (SSSR count). The van der Waals surface area contributed by atoms with Crippen molar-refractivity contribution in [2.75, 3.05) is 10.6 Å². The fourth-order valence-electron chi connectivity index (χ4n) is 2.29. The minimum atomic E-state index is -0.298. The van der Waals surface area contributed by atoms with Crippen LogP contribution < -0.4 is 10.6 Å². The van der Waals surface area contributed by atoms with E-state index in [-0.39, 0.29) is 11.6 Å². The van der Waals surface area contributed by atoms with Crippen LogP contribution in [0.4, 0.5) is 17.5 Å². The molecule has 2 N–H and O–H groups in total. The van der Waals surface area contributed by atoms with Gasteiger partial charge in [-0.1, -0.05) is 11.2 Å². The summed E-state index contributed by atoms with van der Waals surface area (Å²) in [5.74, 6) is 1.15. The number of hydrogen-bond donors (Lipinski definition) is 2. The molecule has 0 fully saturated rings. The van der Waals surface area contributed by atoms with Gasteiger partial charge in [0.15, 0.2) is 5.82 Å². The fraction of sp³-hybridized carbons (Fsp3) is 0.222. The number of carbonyl (C=O) groups excluding carboxylic acids is 1. The summed E-state index contributed by atoms with van der Waals surface area (Å²) in [4.78, 5) is 21.0. The number of anilines is 3. The van der Waals surface area contributed by atoms with Crippen LogP contribution in [0, 0.1) is 27.7 Å². The highest BCUT2D eigenvalue weighted by Crippen LogP contribution is 2.17. The molecular formula is C18H19N5O2. The monoisotopic (exact) mass is 337 g/mol. The van der Waals surface area contributed by atoms with Crippen molar-refractivity contribution < 1.29 is 9.32 Å². The first-order chi connectivity index (χ1) is 11.9. The second-order valence-corrected chi connectivity index (χ2v) is 5.92. The van der Waals surface area contributed by atoms with E-state index in [4.69, 9.17) is 4.52 Å². The van der Waals surface area contributed by atoms with E-state index in [1.54, 1.807) is 26.0 Å². The number of nitrogens with zero attached hydrogens (tertiary/aromatic N) is 3. The van der Waals surface area contributed by atoms with Crippen LogP contribution in [0.5, 0.6) is 0 Å². The Kier molecular flexibility index (Phi) is 4.47. The van der Waals surface area contributed by atoms with Crippen molar-refractivity contribution in [2.24, 2.45) is 0 Å². The summed E-state index contributed by atoms with van der Waals surface area (Å²) in [6.45, 7) is 7.62. The molecule has 0 unspecified atom stereocenters. The summed E-state index contributed by atoms with van der Waals surface area (Å²) in [5, 5.41) is 9.63. The van der Waals surface area contributed by atoms with Crippen LogP contribution in [0.2, 0.25) is 0 Å². The molecule has 7 heteroatoms. The first-order valence-electron chi connectivity index (χ1n) is 7.85. The number of aryl methyl sites for hydroxylation is 4. The lowest BCUT2D eigenvalue weighted by Gasteiger charge is -2.09. The lowest BCUT2D eigenvalue weighted by molar-refractivity contribution is 0.102. The van der Waals surface area contributed by atoms with Crippen LogP contribution in [-0.4, -0.2) is 21.0 Å². The number of hydrogen-bond acceptors (Lipinski definition) is 6. The Morgan fingerprint density at radius 1 is 1.00 bits per heavy atom. The molecule has 0 saturated heterocycles. The third-order valence-corrected chi connectivity index (χ3v) is 3.72. The Balaban J connectivity index is 1.81. The van der Waals surface area contributed by atoms with E-state index in [0.717, 1.165) is 11.3 Å². The van der Waals surface area contributed by atoms with Gasteiger partial charge in [-0.25, -0.2) is 9.97 Å². The Labute approximate surface area is 145 Å². The number of rotatable bonds is 4. The first kappa shape index (κ1) is 16.6. The number of aromatic nitrogens is 3. The van der Waals surface area contributed by atoms with Crippen molar-refractivity contribution in [2.45, 2.75) is 27.7 Å². The van der Waals surface area contributed by atoms with E-state index in [2.05, 4.69) is 25.8 Å². The van der Waals surface area contributed by atoms with E-state index in [1.807, 2.05) is 32.0 Å². The predicted octanol–water partition coefficient (Wildman–Crippen LogP) is 3.69. The zero-order chi connectivity index (χ0) is 18.0. The molecule has 25 heavy (non-hydrogen) atoms. The molecule has 3 aromatic rings. The second kappa shape index (κ2) is 6.72. The SMILES string of the molecule is Cc1cc(C(=O)Nc2ccc(C)c(C)c2)nc(Nc2cc(C)on2)n1. The molecule has 0 saturated carbocycles. The molecule has 0 aliphatic carbocycles. The molecule has 0 aliphatic heterocycles. The van der Waals surface area contributed by atoms with Crippen molar-refractivity contribution in [1.82, 2.24) is 15.1 Å². The topological polar surface area (TPSA) is 92.9 Å². The average Bonchev–Trinajstić information content (AvgIpc) is 2.95. The van der Waals surface area contributed by atoms with Crippen LogP contribution in [0.25, 0.3) is 0 Å². The summed E-state index contributed by atoms with van der Waals surface area (Å²) < 4.78 is 5.00. The van der Waals surface area contributed by atoms with Crippen LogP contribution in [-0.2, 0) is 0 Å². The van der Waals surface area contributed by atoms with Gasteiger partial charge < -0.3 is 15.2 Å². The number of carbonyl (C=O) groups is 1. The summed E-state index contributed by atoms with van der Waals surface area (Å²) in [6.07, 6.45) is 0. The molecule has 2 heterocycles. The molecule has 0 radical (unpaired) electrons. The molecule has 0 bridgehead atoms. The zero-order valence-corrected chi connectivity index (χ0v) is 14.5. The maximum absolute atomic E-state index is 12.5. The predicted molar refractivity (Wildman–Crippen MR) is 95.2 cm³/mol. The van der Waals surface area contributed by atoms with Gasteiger partial charge in [-0.05, 0) is 57.0 Å². The van der Waals surface area contributed by atoms with Gasteiger partial charge >= 0.3 is 0 Å². The van der Waals surface area contributed by atoms with Crippen LogP contribution in [0.15, 0.2) is 34.9 Å². The molecule has 7 nitrogen and oxygen atoms in total. The van der Waals surface area contributed by atoms with Gasteiger partial charge in [0.1, 0.15) is 11.5 Å². The molecule has 2 aromatic heterocycles. The van der Waals surface area contributed by atoms with Gasteiger partial charge in [-0.3, -0.25) is 4.79 Å². The van der Waals surface area contributed by atoms with E-state index in [9.17, 15) is 4.79 Å². The number of amides is 1. The average molecular weight is 337 g/mol. The summed E-state index contributed by atoms with van der Waals surface area (Å²) in [6, 6.07) is 9.12. The second-order valence-electron chi connectivity index (χ2n) is 5.92. The van der Waals surface area contributed by atoms with Crippen molar-refractivity contribution in [3.05, 3.63) is 58.6 Å². The highest BCUT2D eigenvalue weighted by atomic mass is 16.5. The third-order valence-electron chi connectivity index (χ3n) is 3.72. The maximum atomic E-state index is 12.5.